The topological polar surface area (TPSA) is 25.2 Å². The van der Waals surface area contributed by atoms with Gasteiger partial charge in [-0.2, -0.15) is 0 Å². The zero-order valence-corrected chi connectivity index (χ0v) is 13.8. The standard InChI is InChI=1S/C14H18BrNOS/c1-7-8(2)17-9(3)13(7)14(16-5)12-6-11(15)10(4)18-12/h6,14,16H,1-5H3. The Kier molecular flexibility index (Phi) is 3.99. The highest BCUT2D eigenvalue weighted by molar-refractivity contribution is 9.10. The van der Waals surface area contributed by atoms with Gasteiger partial charge in [0.05, 0.1) is 6.04 Å². The van der Waals surface area contributed by atoms with Crippen molar-refractivity contribution < 1.29 is 4.42 Å². The monoisotopic (exact) mass is 327 g/mol. The van der Waals surface area contributed by atoms with Gasteiger partial charge >= 0.3 is 0 Å². The van der Waals surface area contributed by atoms with Crippen LogP contribution in [0.15, 0.2) is 15.0 Å². The van der Waals surface area contributed by atoms with E-state index in [0.29, 0.717) is 0 Å². The average Bonchev–Trinajstić information content (AvgIpc) is 2.75. The van der Waals surface area contributed by atoms with Crippen molar-refractivity contribution in [3.63, 3.8) is 0 Å². The molecular formula is C14H18BrNOS. The number of aryl methyl sites for hydroxylation is 3. The van der Waals surface area contributed by atoms with E-state index in [2.05, 4.69) is 41.2 Å². The van der Waals surface area contributed by atoms with E-state index in [0.717, 1.165) is 11.5 Å². The summed E-state index contributed by atoms with van der Waals surface area (Å²) in [6, 6.07) is 2.40. The highest BCUT2D eigenvalue weighted by Gasteiger charge is 2.23. The second-order valence-corrected chi connectivity index (χ2v) is 6.67. The van der Waals surface area contributed by atoms with E-state index in [1.54, 1.807) is 0 Å². The molecule has 0 saturated carbocycles. The first-order valence-corrected chi connectivity index (χ1v) is 7.56. The number of nitrogens with one attached hydrogen (secondary N) is 1. The van der Waals surface area contributed by atoms with Crippen molar-refractivity contribution in [2.45, 2.75) is 33.7 Å². The first kappa shape index (κ1) is 13.8. The van der Waals surface area contributed by atoms with Crippen LogP contribution in [0.2, 0.25) is 0 Å². The van der Waals surface area contributed by atoms with Gasteiger partial charge in [-0.25, -0.2) is 0 Å². The molecule has 2 rings (SSSR count). The highest BCUT2D eigenvalue weighted by atomic mass is 79.9. The molecule has 0 aliphatic carbocycles. The van der Waals surface area contributed by atoms with Gasteiger partial charge in [0.1, 0.15) is 11.5 Å². The molecule has 98 valence electrons. The molecule has 18 heavy (non-hydrogen) atoms. The van der Waals surface area contributed by atoms with Gasteiger partial charge in [-0.15, -0.1) is 11.3 Å². The van der Waals surface area contributed by atoms with Crippen LogP contribution in [0, 0.1) is 27.7 Å². The Hall–Kier alpha value is -0.580. The van der Waals surface area contributed by atoms with Crippen LogP contribution in [0.3, 0.4) is 0 Å². The third kappa shape index (κ3) is 2.29. The predicted molar refractivity (Wildman–Crippen MR) is 80.6 cm³/mol. The first-order chi connectivity index (χ1) is 8.45. The number of halogens is 1. The normalized spacial score (nSPS) is 13.0. The van der Waals surface area contributed by atoms with Gasteiger partial charge in [-0.1, -0.05) is 0 Å². The number of hydrogen-bond acceptors (Lipinski definition) is 3. The van der Waals surface area contributed by atoms with Crippen molar-refractivity contribution in [1.82, 2.24) is 5.32 Å². The maximum Gasteiger partial charge on any atom is 0.106 e. The zero-order chi connectivity index (χ0) is 13.4. The smallest absolute Gasteiger partial charge is 0.106 e. The molecule has 1 N–H and O–H groups in total. The molecule has 0 aliphatic rings. The van der Waals surface area contributed by atoms with Gasteiger partial charge in [0.2, 0.25) is 0 Å². The van der Waals surface area contributed by atoms with Crippen molar-refractivity contribution in [2.75, 3.05) is 7.05 Å². The Morgan fingerprint density at radius 3 is 2.28 bits per heavy atom. The van der Waals surface area contributed by atoms with Crippen LogP contribution in [-0.2, 0) is 0 Å². The molecule has 2 aromatic rings. The van der Waals surface area contributed by atoms with Crippen LogP contribution in [0.5, 0.6) is 0 Å². The summed E-state index contributed by atoms with van der Waals surface area (Å²) in [4.78, 5) is 2.62. The second kappa shape index (κ2) is 5.19. The Labute approximate surface area is 121 Å². The number of furan rings is 1. The van der Waals surface area contributed by atoms with E-state index in [4.69, 9.17) is 4.42 Å². The van der Waals surface area contributed by atoms with Crippen LogP contribution in [0.25, 0.3) is 0 Å². The molecule has 2 aromatic heterocycles. The van der Waals surface area contributed by atoms with Crippen molar-refractivity contribution in [3.8, 4) is 0 Å². The zero-order valence-electron chi connectivity index (χ0n) is 11.3. The summed E-state index contributed by atoms with van der Waals surface area (Å²) in [5.41, 5.74) is 2.51. The molecule has 2 nitrogen and oxygen atoms in total. The third-order valence-corrected chi connectivity index (χ3v) is 5.56. The largest absolute Gasteiger partial charge is 0.466 e. The molecule has 4 heteroatoms. The van der Waals surface area contributed by atoms with E-state index in [-0.39, 0.29) is 6.04 Å². The molecule has 0 radical (unpaired) electrons. The maximum absolute atomic E-state index is 5.74. The summed E-state index contributed by atoms with van der Waals surface area (Å²) < 4.78 is 6.92. The van der Waals surface area contributed by atoms with Gasteiger partial charge in [0, 0.05) is 19.8 Å². The number of hydrogen-bond donors (Lipinski definition) is 1. The van der Waals surface area contributed by atoms with Gasteiger partial charge in [-0.05, 0) is 62.3 Å². The predicted octanol–water partition coefficient (Wildman–Crippen LogP) is 4.65. The maximum atomic E-state index is 5.74. The van der Waals surface area contributed by atoms with E-state index < -0.39 is 0 Å². The molecular weight excluding hydrogens is 310 g/mol. The van der Waals surface area contributed by atoms with Crippen LogP contribution >= 0.6 is 27.3 Å². The lowest BCUT2D eigenvalue weighted by Gasteiger charge is -2.15. The SMILES string of the molecule is CNC(c1cc(Br)c(C)s1)c1c(C)oc(C)c1C. The minimum absolute atomic E-state index is 0.206. The fourth-order valence-corrected chi connectivity index (χ4v) is 3.97. The van der Waals surface area contributed by atoms with E-state index >= 15 is 0 Å². The Morgan fingerprint density at radius 1 is 1.22 bits per heavy atom. The van der Waals surface area contributed by atoms with Gasteiger partial charge in [0.25, 0.3) is 0 Å². The number of rotatable bonds is 3. The van der Waals surface area contributed by atoms with Crippen molar-refractivity contribution >= 4 is 27.3 Å². The lowest BCUT2D eigenvalue weighted by atomic mass is 10.0. The molecule has 2 heterocycles. The second-order valence-electron chi connectivity index (χ2n) is 4.53. The Morgan fingerprint density at radius 2 is 1.89 bits per heavy atom. The van der Waals surface area contributed by atoms with Crippen molar-refractivity contribution in [2.24, 2.45) is 0 Å². The van der Waals surface area contributed by atoms with Crippen LogP contribution in [0.1, 0.15) is 38.4 Å². The first-order valence-electron chi connectivity index (χ1n) is 5.95. The quantitative estimate of drug-likeness (QED) is 0.887. The van der Waals surface area contributed by atoms with E-state index in [1.807, 2.05) is 32.2 Å². The molecule has 0 amide bonds. The summed E-state index contributed by atoms with van der Waals surface area (Å²) in [5, 5.41) is 3.40. The highest BCUT2D eigenvalue weighted by Crippen LogP contribution is 2.37. The fraction of sp³-hybridized carbons (Fsp3) is 0.429. The van der Waals surface area contributed by atoms with Gasteiger partial charge in [0.15, 0.2) is 0 Å². The molecule has 0 bridgehead atoms. The molecule has 0 saturated heterocycles. The Bertz CT molecular complexity index is 551. The molecule has 0 aliphatic heterocycles. The van der Waals surface area contributed by atoms with Gasteiger partial charge < -0.3 is 9.73 Å². The molecule has 1 unspecified atom stereocenters. The fourth-order valence-electron chi connectivity index (χ4n) is 2.29. The third-order valence-electron chi connectivity index (χ3n) is 3.36. The summed E-state index contributed by atoms with van der Waals surface area (Å²) in [5.74, 6) is 2.02. The van der Waals surface area contributed by atoms with E-state index in [1.165, 1.54) is 25.4 Å². The lowest BCUT2D eigenvalue weighted by molar-refractivity contribution is 0.496. The van der Waals surface area contributed by atoms with E-state index in [9.17, 15) is 0 Å². The summed E-state index contributed by atoms with van der Waals surface area (Å²) in [6.07, 6.45) is 0. The molecule has 0 fully saturated rings. The molecule has 0 spiro atoms. The van der Waals surface area contributed by atoms with Crippen molar-refractivity contribution in [3.05, 3.63) is 42.9 Å². The summed E-state index contributed by atoms with van der Waals surface area (Å²) >= 11 is 5.41. The number of thiophene rings is 1. The summed E-state index contributed by atoms with van der Waals surface area (Å²) in [7, 11) is 1.99. The van der Waals surface area contributed by atoms with Crippen LogP contribution in [-0.4, -0.2) is 7.05 Å². The Balaban J connectivity index is 2.51. The van der Waals surface area contributed by atoms with Crippen LogP contribution in [0.4, 0.5) is 0 Å². The lowest BCUT2D eigenvalue weighted by Crippen LogP contribution is -2.17. The average molecular weight is 328 g/mol. The molecule has 0 aromatic carbocycles. The van der Waals surface area contributed by atoms with Crippen molar-refractivity contribution in [1.29, 1.82) is 0 Å². The van der Waals surface area contributed by atoms with Gasteiger partial charge in [-0.3, -0.25) is 0 Å². The molecule has 1 atom stereocenters. The summed E-state index contributed by atoms with van der Waals surface area (Å²) in [6.45, 7) is 8.32. The van der Waals surface area contributed by atoms with Crippen LogP contribution < -0.4 is 5.32 Å². The minimum atomic E-state index is 0.206. The minimum Gasteiger partial charge on any atom is -0.466 e.